The average Bonchev–Trinajstić information content (AvgIpc) is 2.76. The number of carbonyl (C=O) groups is 1. The van der Waals surface area contributed by atoms with Gasteiger partial charge in [0.25, 0.3) is 0 Å². The largest absolute Gasteiger partial charge is 0.497 e. The fourth-order valence-electron chi connectivity index (χ4n) is 3.05. The summed E-state index contributed by atoms with van der Waals surface area (Å²) in [7, 11) is 1.53. The van der Waals surface area contributed by atoms with Crippen LogP contribution in [0.25, 0.3) is 0 Å². The quantitative estimate of drug-likeness (QED) is 0.477. The first kappa shape index (κ1) is 21.7. The van der Waals surface area contributed by atoms with Crippen molar-refractivity contribution in [3.05, 3.63) is 65.7 Å². The number of carbonyl (C=O) groups excluding carboxylic acids is 1. The van der Waals surface area contributed by atoms with Crippen molar-refractivity contribution >= 4 is 21.9 Å². The van der Waals surface area contributed by atoms with Crippen LogP contribution in [-0.2, 0) is 20.8 Å². The lowest BCUT2D eigenvalue weighted by Crippen LogP contribution is -2.60. The molecule has 5 atom stereocenters. The monoisotopic (exact) mass is 466 g/mol. The number of benzene rings is 2. The van der Waals surface area contributed by atoms with E-state index in [2.05, 4.69) is 15.9 Å². The number of aliphatic hydroxyl groups is 2. The molecule has 2 aromatic carbocycles. The molecule has 1 heterocycles. The Balaban J connectivity index is 1.69. The lowest BCUT2D eigenvalue weighted by molar-refractivity contribution is -0.288. The Kier molecular flexibility index (Phi) is 7.63. The second kappa shape index (κ2) is 10.2. The molecule has 1 aliphatic heterocycles. The fourth-order valence-corrected chi connectivity index (χ4v) is 3.57. The van der Waals surface area contributed by atoms with Crippen molar-refractivity contribution in [3.63, 3.8) is 0 Å². The van der Waals surface area contributed by atoms with Gasteiger partial charge >= 0.3 is 5.97 Å². The maximum atomic E-state index is 12.5. The molecule has 1 saturated heterocycles. The van der Waals surface area contributed by atoms with E-state index in [4.69, 9.17) is 18.9 Å². The SMILES string of the molecule is COc1ccc(C(=O)O[C@@H]2[C@H](O)[C@@H](OCc3ccccc3)[C@H](O)O[C@@H]2CBr)cc1. The number of alkyl halides is 1. The zero-order valence-electron chi connectivity index (χ0n) is 15.8. The molecule has 29 heavy (non-hydrogen) atoms. The smallest absolute Gasteiger partial charge is 0.338 e. The van der Waals surface area contributed by atoms with E-state index in [1.807, 2.05) is 30.3 Å². The number of esters is 1. The number of aliphatic hydroxyl groups excluding tert-OH is 2. The third-order valence-corrected chi connectivity index (χ3v) is 5.28. The van der Waals surface area contributed by atoms with E-state index in [-0.39, 0.29) is 11.9 Å². The van der Waals surface area contributed by atoms with E-state index >= 15 is 0 Å². The van der Waals surface area contributed by atoms with Gasteiger partial charge in [0.1, 0.15) is 24.1 Å². The molecule has 3 rings (SSSR count). The van der Waals surface area contributed by atoms with Gasteiger partial charge in [0.05, 0.1) is 19.3 Å². The molecule has 1 aliphatic rings. The summed E-state index contributed by atoms with van der Waals surface area (Å²) in [5.74, 6) is -0.0112. The first-order chi connectivity index (χ1) is 14.0. The second-order valence-corrected chi connectivity index (χ2v) is 7.22. The third kappa shape index (κ3) is 5.34. The third-order valence-electron chi connectivity index (χ3n) is 4.64. The summed E-state index contributed by atoms with van der Waals surface area (Å²) < 4.78 is 21.8. The molecule has 0 unspecified atom stereocenters. The van der Waals surface area contributed by atoms with Crippen molar-refractivity contribution in [1.82, 2.24) is 0 Å². The van der Waals surface area contributed by atoms with E-state index < -0.39 is 36.7 Å². The molecule has 0 aromatic heterocycles. The van der Waals surface area contributed by atoms with Crippen LogP contribution in [0, 0.1) is 0 Å². The van der Waals surface area contributed by atoms with Crippen molar-refractivity contribution in [1.29, 1.82) is 0 Å². The fraction of sp³-hybridized carbons (Fsp3) is 0.381. The molecule has 0 spiro atoms. The van der Waals surface area contributed by atoms with Crippen LogP contribution in [0.2, 0.25) is 0 Å². The zero-order valence-corrected chi connectivity index (χ0v) is 17.4. The van der Waals surface area contributed by atoms with Crippen LogP contribution in [0.4, 0.5) is 0 Å². The molecular formula is C21H23BrO7. The first-order valence-corrected chi connectivity index (χ1v) is 10.2. The van der Waals surface area contributed by atoms with Crippen molar-refractivity contribution in [2.75, 3.05) is 12.4 Å². The van der Waals surface area contributed by atoms with Gasteiger partial charge in [-0.2, -0.15) is 0 Å². The van der Waals surface area contributed by atoms with Crippen molar-refractivity contribution in [2.45, 2.75) is 37.3 Å². The van der Waals surface area contributed by atoms with Gasteiger partial charge in [0.2, 0.25) is 0 Å². The summed E-state index contributed by atoms with van der Waals surface area (Å²) in [6, 6.07) is 15.8. The molecule has 8 heteroatoms. The molecule has 2 aromatic rings. The van der Waals surface area contributed by atoms with Crippen LogP contribution in [0.3, 0.4) is 0 Å². The van der Waals surface area contributed by atoms with E-state index in [0.29, 0.717) is 11.3 Å². The Morgan fingerprint density at radius 1 is 1.07 bits per heavy atom. The van der Waals surface area contributed by atoms with Gasteiger partial charge in [-0.1, -0.05) is 46.3 Å². The molecule has 7 nitrogen and oxygen atoms in total. The normalized spacial score (nSPS) is 26.7. The van der Waals surface area contributed by atoms with Gasteiger partial charge < -0.3 is 29.2 Å². The Labute approximate surface area is 177 Å². The molecule has 0 bridgehead atoms. The topological polar surface area (TPSA) is 94.5 Å². The summed E-state index contributed by atoms with van der Waals surface area (Å²) in [6.07, 6.45) is -5.45. The van der Waals surface area contributed by atoms with Gasteiger partial charge in [0.15, 0.2) is 12.4 Å². The van der Waals surface area contributed by atoms with Gasteiger partial charge in [-0.3, -0.25) is 0 Å². The molecule has 0 radical (unpaired) electrons. The van der Waals surface area contributed by atoms with E-state index in [1.165, 1.54) is 7.11 Å². The maximum absolute atomic E-state index is 12.5. The molecule has 0 saturated carbocycles. The lowest BCUT2D eigenvalue weighted by atomic mass is 9.99. The van der Waals surface area contributed by atoms with E-state index in [9.17, 15) is 15.0 Å². The van der Waals surface area contributed by atoms with Crippen LogP contribution in [0.5, 0.6) is 5.75 Å². The van der Waals surface area contributed by atoms with Gasteiger partial charge in [0, 0.05) is 5.33 Å². The van der Waals surface area contributed by atoms with Crippen LogP contribution in [0.15, 0.2) is 54.6 Å². The lowest BCUT2D eigenvalue weighted by Gasteiger charge is -2.41. The van der Waals surface area contributed by atoms with Crippen molar-refractivity contribution in [2.24, 2.45) is 0 Å². The highest BCUT2D eigenvalue weighted by Crippen LogP contribution is 2.27. The minimum atomic E-state index is -1.35. The standard InChI is InChI=1S/C21H23BrO7/c1-26-15-9-7-14(8-10-15)20(24)29-18-16(11-22)28-21(25)19(17(18)23)27-12-13-5-3-2-4-6-13/h2-10,16-19,21,23,25H,11-12H2,1H3/t16-,17+,18+,19-,21-/m1/s1. The van der Waals surface area contributed by atoms with Crippen molar-refractivity contribution < 1.29 is 34.0 Å². The Morgan fingerprint density at radius 3 is 2.38 bits per heavy atom. The number of methoxy groups -OCH3 is 1. The Hall–Kier alpha value is -1.97. The first-order valence-electron chi connectivity index (χ1n) is 9.11. The Morgan fingerprint density at radius 2 is 1.76 bits per heavy atom. The highest BCUT2D eigenvalue weighted by atomic mass is 79.9. The molecule has 0 aliphatic carbocycles. The molecular weight excluding hydrogens is 444 g/mol. The summed E-state index contributed by atoms with van der Waals surface area (Å²) in [6.45, 7) is 0.168. The minimum absolute atomic E-state index is 0.168. The van der Waals surface area contributed by atoms with E-state index in [0.717, 1.165) is 5.56 Å². The molecule has 156 valence electrons. The van der Waals surface area contributed by atoms with Gasteiger partial charge in [-0.05, 0) is 29.8 Å². The van der Waals surface area contributed by atoms with Gasteiger partial charge in [-0.25, -0.2) is 4.79 Å². The van der Waals surface area contributed by atoms with Crippen LogP contribution < -0.4 is 4.74 Å². The summed E-state index contributed by atoms with van der Waals surface area (Å²) in [5.41, 5.74) is 1.18. The number of hydrogen-bond acceptors (Lipinski definition) is 7. The summed E-state index contributed by atoms with van der Waals surface area (Å²) >= 11 is 3.27. The molecule has 1 fully saturated rings. The Bertz CT molecular complexity index is 783. The average molecular weight is 467 g/mol. The van der Waals surface area contributed by atoms with Crippen LogP contribution >= 0.6 is 15.9 Å². The van der Waals surface area contributed by atoms with Gasteiger partial charge in [-0.15, -0.1) is 0 Å². The number of ether oxygens (including phenoxy) is 4. The van der Waals surface area contributed by atoms with E-state index in [1.54, 1.807) is 24.3 Å². The van der Waals surface area contributed by atoms with Crippen molar-refractivity contribution in [3.8, 4) is 5.75 Å². The zero-order chi connectivity index (χ0) is 20.8. The number of halogens is 1. The van der Waals surface area contributed by atoms with Crippen LogP contribution in [-0.4, -0.2) is 59.3 Å². The highest BCUT2D eigenvalue weighted by Gasteiger charge is 2.47. The van der Waals surface area contributed by atoms with Crippen LogP contribution in [0.1, 0.15) is 15.9 Å². The predicted molar refractivity (Wildman–Crippen MR) is 108 cm³/mol. The second-order valence-electron chi connectivity index (χ2n) is 6.57. The molecule has 2 N–H and O–H groups in total. The molecule has 0 amide bonds. The predicted octanol–water partition coefficient (Wildman–Crippen LogP) is 2.28. The number of hydrogen-bond donors (Lipinski definition) is 2. The summed E-state index contributed by atoms with van der Waals surface area (Å²) in [5, 5.41) is 21.3. The highest BCUT2D eigenvalue weighted by molar-refractivity contribution is 9.09. The summed E-state index contributed by atoms with van der Waals surface area (Å²) in [4.78, 5) is 12.5. The minimum Gasteiger partial charge on any atom is -0.497 e. The number of rotatable bonds is 7. The maximum Gasteiger partial charge on any atom is 0.338 e.